The van der Waals surface area contributed by atoms with E-state index in [1.807, 2.05) is 38.1 Å². The van der Waals surface area contributed by atoms with Crippen molar-refractivity contribution in [2.75, 3.05) is 12.8 Å². The summed E-state index contributed by atoms with van der Waals surface area (Å²) in [6.07, 6.45) is 1.01. The molecule has 0 unspecified atom stereocenters. The van der Waals surface area contributed by atoms with Crippen LogP contribution in [0.5, 0.6) is 0 Å². The maximum atomic E-state index is 12.0. The van der Waals surface area contributed by atoms with Crippen LogP contribution in [0, 0.1) is 5.92 Å². The summed E-state index contributed by atoms with van der Waals surface area (Å²) in [4.78, 5) is 24.8. The Balaban J connectivity index is 2.39. The minimum atomic E-state index is -0.460. The van der Waals surface area contributed by atoms with Gasteiger partial charge < -0.3 is 10.6 Å². The van der Waals surface area contributed by atoms with Gasteiger partial charge in [-0.05, 0) is 36.6 Å². The largest absolute Gasteiger partial charge is 0.357 e. The molecule has 0 heterocycles. The molecule has 0 radical (unpaired) electrons. The Hall–Kier alpha value is -1.20. The Morgan fingerprint density at radius 3 is 2.41 bits per heavy atom. The van der Waals surface area contributed by atoms with E-state index in [0.29, 0.717) is 29.5 Å². The molecule has 6 heteroatoms. The number of carbonyl (C=O) groups is 2. The minimum absolute atomic E-state index is 0.101. The number of amides is 2. The maximum absolute atomic E-state index is 12.0. The number of hydrogen-bond acceptors (Lipinski definition) is 3. The zero-order chi connectivity index (χ0) is 16.5. The van der Waals surface area contributed by atoms with Crippen LogP contribution in [0.3, 0.4) is 0 Å². The normalized spacial score (nSPS) is 12.0. The Bertz CT molecular complexity index is 491. The van der Waals surface area contributed by atoms with Crippen molar-refractivity contribution in [3.05, 3.63) is 29.3 Å². The number of nitrogens with one attached hydrogen (secondary N) is 2. The van der Waals surface area contributed by atoms with Gasteiger partial charge >= 0.3 is 0 Å². The van der Waals surface area contributed by atoms with Crippen LogP contribution in [0.1, 0.15) is 26.7 Å². The summed E-state index contributed by atoms with van der Waals surface area (Å²) in [5, 5.41) is 6.10. The molecule has 2 N–H and O–H groups in total. The molecule has 1 aromatic carbocycles. The second-order valence-electron chi connectivity index (χ2n) is 5.42. The van der Waals surface area contributed by atoms with Gasteiger partial charge in [-0.25, -0.2) is 0 Å². The van der Waals surface area contributed by atoms with Gasteiger partial charge in [0.2, 0.25) is 11.8 Å². The predicted octanol–water partition coefficient (Wildman–Crippen LogP) is 3.10. The van der Waals surface area contributed by atoms with Crippen molar-refractivity contribution in [3.8, 4) is 0 Å². The van der Waals surface area contributed by atoms with Gasteiger partial charge in [0.15, 0.2) is 0 Å². The molecular weight excluding hydrogens is 320 g/mol. The Morgan fingerprint density at radius 1 is 1.23 bits per heavy atom. The van der Waals surface area contributed by atoms with Gasteiger partial charge in [-0.1, -0.05) is 25.4 Å². The van der Waals surface area contributed by atoms with Crippen molar-refractivity contribution in [2.45, 2.75) is 37.6 Å². The van der Waals surface area contributed by atoms with Crippen LogP contribution in [0.15, 0.2) is 29.2 Å². The van der Waals surface area contributed by atoms with Crippen LogP contribution in [0.25, 0.3) is 0 Å². The Kier molecular flexibility index (Phi) is 8.35. The molecule has 0 aliphatic heterocycles. The fraction of sp³-hybridized carbons (Fsp3) is 0.500. The molecule has 1 aromatic rings. The Morgan fingerprint density at radius 2 is 1.86 bits per heavy atom. The van der Waals surface area contributed by atoms with Crippen LogP contribution in [-0.4, -0.2) is 30.7 Å². The lowest BCUT2D eigenvalue weighted by molar-refractivity contribution is -0.128. The van der Waals surface area contributed by atoms with Crippen LogP contribution in [0.2, 0.25) is 5.02 Å². The molecule has 0 saturated heterocycles. The van der Waals surface area contributed by atoms with Crippen LogP contribution < -0.4 is 10.6 Å². The monoisotopic (exact) mass is 342 g/mol. The second kappa shape index (κ2) is 9.74. The third-order valence-corrected chi connectivity index (χ3v) is 4.28. The summed E-state index contributed by atoms with van der Waals surface area (Å²) in [7, 11) is 1.58. The first-order valence-corrected chi connectivity index (χ1v) is 8.68. The molecule has 1 rings (SSSR count). The third-order valence-electron chi connectivity index (χ3n) is 3.02. The molecule has 4 nitrogen and oxygen atoms in total. The first kappa shape index (κ1) is 18.8. The molecule has 2 amide bonds. The average molecular weight is 343 g/mol. The highest BCUT2D eigenvalue weighted by Crippen LogP contribution is 2.20. The summed E-state index contributed by atoms with van der Waals surface area (Å²) in [5.41, 5.74) is 0. The predicted molar refractivity (Wildman–Crippen MR) is 92.2 cm³/mol. The van der Waals surface area contributed by atoms with Gasteiger partial charge in [-0.15, -0.1) is 11.8 Å². The van der Waals surface area contributed by atoms with Crippen molar-refractivity contribution < 1.29 is 9.59 Å². The number of thioether (sulfide) groups is 1. The van der Waals surface area contributed by atoms with Gasteiger partial charge in [0, 0.05) is 29.1 Å². The van der Waals surface area contributed by atoms with Crippen molar-refractivity contribution in [2.24, 2.45) is 5.92 Å². The number of benzene rings is 1. The van der Waals surface area contributed by atoms with Gasteiger partial charge in [-0.3, -0.25) is 9.59 Å². The van der Waals surface area contributed by atoms with Gasteiger partial charge in [0.05, 0.1) is 0 Å². The van der Waals surface area contributed by atoms with Gasteiger partial charge in [-0.2, -0.15) is 0 Å². The molecule has 0 saturated carbocycles. The van der Waals surface area contributed by atoms with Crippen molar-refractivity contribution in [1.82, 2.24) is 10.6 Å². The van der Waals surface area contributed by atoms with E-state index in [0.717, 1.165) is 4.90 Å². The second-order valence-corrected chi connectivity index (χ2v) is 7.02. The highest BCUT2D eigenvalue weighted by Gasteiger charge is 2.20. The van der Waals surface area contributed by atoms with E-state index in [-0.39, 0.29) is 11.8 Å². The lowest BCUT2D eigenvalue weighted by Crippen LogP contribution is -2.46. The first-order valence-electron chi connectivity index (χ1n) is 7.31. The number of likely N-dealkylation sites (N-methyl/N-ethyl adjacent to an activating group) is 1. The highest BCUT2D eigenvalue weighted by molar-refractivity contribution is 7.99. The van der Waals surface area contributed by atoms with Crippen LogP contribution >= 0.6 is 23.4 Å². The molecule has 0 fully saturated rings. The summed E-state index contributed by atoms with van der Waals surface area (Å²) >= 11 is 7.42. The fourth-order valence-corrected chi connectivity index (χ4v) is 2.91. The molecule has 0 bridgehead atoms. The van der Waals surface area contributed by atoms with Crippen LogP contribution in [0.4, 0.5) is 0 Å². The number of halogens is 1. The number of hydrogen-bond donors (Lipinski definition) is 2. The molecule has 1 atom stereocenters. The van der Waals surface area contributed by atoms with E-state index in [9.17, 15) is 9.59 Å². The maximum Gasteiger partial charge on any atom is 0.242 e. The van der Waals surface area contributed by atoms with E-state index in [4.69, 9.17) is 11.6 Å². The minimum Gasteiger partial charge on any atom is -0.357 e. The van der Waals surface area contributed by atoms with E-state index in [1.54, 1.807) is 18.8 Å². The molecule has 0 aromatic heterocycles. The highest BCUT2D eigenvalue weighted by atomic mass is 35.5. The Labute approximate surface area is 141 Å². The van der Waals surface area contributed by atoms with Gasteiger partial charge in [0.25, 0.3) is 0 Å². The van der Waals surface area contributed by atoms with E-state index < -0.39 is 6.04 Å². The summed E-state index contributed by atoms with van der Waals surface area (Å²) in [6, 6.07) is 7.05. The van der Waals surface area contributed by atoms with E-state index in [1.165, 1.54) is 0 Å². The zero-order valence-corrected chi connectivity index (χ0v) is 14.8. The lowest BCUT2D eigenvalue weighted by Gasteiger charge is -2.19. The molecule has 0 aliphatic rings. The third kappa shape index (κ3) is 7.18. The fourth-order valence-electron chi connectivity index (χ4n) is 1.94. The lowest BCUT2D eigenvalue weighted by atomic mass is 10.0. The van der Waals surface area contributed by atoms with Gasteiger partial charge in [0.1, 0.15) is 6.04 Å². The van der Waals surface area contributed by atoms with Crippen molar-refractivity contribution >= 4 is 35.2 Å². The summed E-state index contributed by atoms with van der Waals surface area (Å²) in [5.74, 6) is 0.754. The number of carbonyl (C=O) groups excluding carboxylic acids is 2. The topological polar surface area (TPSA) is 58.2 Å². The van der Waals surface area contributed by atoms with E-state index >= 15 is 0 Å². The van der Waals surface area contributed by atoms with Crippen molar-refractivity contribution in [1.29, 1.82) is 0 Å². The average Bonchev–Trinajstić information content (AvgIpc) is 2.47. The summed E-state index contributed by atoms with van der Waals surface area (Å²) in [6.45, 7) is 4.05. The molecule has 22 heavy (non-hydrogen) atoms. The number of rotatable bonds is 8. The molecular formula is C16H23ClN2O2S. The zero-order valence-electron chi connectivity index (χ0n) is 13.2. The SMILES string of the molecule is CNC(=O)[C@@H](CC(C)C)NC(=O)CCSc1ccc(Cl)cc1. The van der Waals surface area contributed by atoms with Crippen molar-refractivity contribution in [3.63, 3.8) is 0 Å². The first-order chi connectivity index (χ1) is 10.4. The molecule has 0 aliphatic carbocycles. The molecule has 0 spiro atoms. The quantitative estimate of drug-likeness (QED) is 0.714. The van der Waals surface area contributed by atoms with E-state index in [2.05, 4.69) is 10.6 Å². The smallest absolute Gasteiger partial charge is 0.242 e. The summed E-state index contributed by atoms with van der Waals surface area (Å²) < 4.78 is 0. The molecule has 122 valence electrons. The van der Waals surface area contributed by atoms with Crippen LogP contribution in [-0.2, 0) is 9.59 Å². The standard InChI is InChI=1S/C16H23ClN2O2S/c1-11(2)10-14(16(21)18-3)19-15(20)8-9-22-13-6-4-12(17)5-7-13/h4-7,11,14H,8-10H2,1-3H3,(H,18,21)(H,19,20)/t14-/m1/s1.